The van der Waals surface area contributed by atoms with E-state index in [1.165, 1.54) is 17.1 Å². The third-order valence-corrected chi connectivity index (χ3v) is 3.45. The van der Waals surface area contributed by atoms with Crippen molar-refractivity contribution in [3.05, 3.63) is 29.8 Å². The van der Waals surface area contributed by atoms with Gasteiger partial charge in [0, 0.05) is 24.1 Å². The molecule has 2 nitrogen and oxygen atoms in total. The molecule has 0 atom stereocenters. The van der Waals surface area contributed by atoms with E-state index in [2.05, 4.69) is 5.32 Å². The van der Waals surface area contributed by atoms with Gasteiger partial charge in [0.2, 0.25) is 0 Å². The predicted octanol–water partition coefficient (Wildman–Crippen LogP) is 1.60. The van der Waals surface area contributed by atoms with Crippen LogP contribution in [-0.2, 0) is 6.54 Å². The van der Waals surface area contributed by atoms with Gasteiger partial charge in [0.15, 0.2) is 0 Å². The monoisotopic (exact) mass is 195 g/mol. The molecule has 0 saturated carbocycles. The van der Waals surface area contributed by atoms with Gasteiger partial charge in [0.1, 0.15) is 5.75 Å². The molecule has 0 spiro atoms. The number of rotatable bonds is 3. The summed E-state index contributed by atoms with van der Waals surface area (Å²) in [7, 11) is 0. The SMILES string of the molecule is Oc1ccc(CNC2CSC2)cc1. The van der Waals surface area contributed by atoms with Gasteiger partial charge in [0.05, 0.1) is 0 Å². The minimum atomic E-state index is 0.336. The maximum Gasteiger partial charge on any atom is 0.115 e. The van der Waals surface area contributed by atoms with Crippen LogP contribution in [-0.4, -0.2) is 22.7 Å². The van der Waals surface area contributed by atoms with E-state index in [-0.39, 0.29) is 0 Å². The molecule has 0 aromatic heterocycles. The molecule has 0 radical (unpaired) electrons. The van der Waals surface area contributed by atoms with Crippen molar-refractivity contribution in [3.63, 3.8) is 0 Å². The van der Waals surface area contributed by atoms with Crippen LogP contribution in [0.5, 0.6) is 5.75 Å². The Labute approximate surface area is 82.4 Å². The molecule has 1 heterocycles. The fourth-order valence-electron chi connectivity index (χ4n) is 1.23. The van der Waals surface area contributed by atoms with Crippen LogP contribution in [0.3, 0.4) is 0 Å². The smallest absolute Gasteiger partial charge is 0.115 e. The summed E-state index contributed by atoms with van der Waals surface area (Å²) >= 11 is 1.98. The average Bonchev–Trinajstić information content (AvgIpc) is 2.05. The highest BCUT2D eigenvalue weighted by Gasteiger charge is 2.16. The molecule has 1 aromatic carbocycles. The first-order valence-corrected chi connectivity index (χ1v) is 5.59. The summed E-state index contributed by atoms with van der Waals surface area (Å²) in [6, 6.07) is 8.06. The predicted molar refractivity (Wildman–Crippen MR) is 56.1 cm³/mol. The van der Waals surface area contributed by atoms with Gasteiger partial charge in [-0.05, 0) is 17.7 Å². The molecule has 1 aromatic rings. The molecule has 1 fully saturated rings. The minimum absolute atomic E-state index is 0.336. The first-order chi connectivity index (χ1) is 6.34. The van der Waals surface area contributed by atoms with Crippen LogP contribution < -0.4 is 5.32 Å². The zero-order valence-electron chi connectivity index (χ0n) is 7.36. The van der Waals surface area contributed by atoms with Gasteiger partial charge in [-0.3, -0.25) is 0 Å². The third-order valence-electron chi connectivity index (χ3n) is 2.17. The summed E-state index contributed by atoms with van der Waals surface area (Å²) in [6.07, 6.45) is 0. The lowest BCUT2D eigenvalue weighted by molar-refractivity contribution is 0.475. The highest BCUT2D eigenvalue weighted by atomic mass is 32.2. The molecule has 0 unspecified atom stereocenters. The van der Waals surface area contributed by atoms with Crippen LogP contribution in [0.4, 0.5) is 0 Å². The highest BCUT2D eigenvalue weighted by Crippen LogP contribution is 2.18. The summed E-state index contributed by atoms with van der Waals surface area (Å²) in [4.78, 5) is 0. The van der Waals surface area contributed by atoms with Crippen molar-refractivity contribution in [1.82, 2.24) is 5.32 Å². The molecule has 0 aliphatic carbocycles. The van der Waals surface area contributed by atoms with Crippen molar-refractivity contribution in [3.8, 4) is 5.75 Å². The normalized spacial score (nSPS) is 16.9. The van der Waals surface area contributed by atoms with Crippen molar-refractivity contribution >= 4 is 11.8 Å². The van der Waals surface area contributed by atoms with Crippen molar-refractivity contribution in [2.75, 3.05) is 11.5 Å². The highest BCUT2D eigenvalue weighted by molar-refractivity contribution is 8.00. The Kier molecular flexibility index (Phi) is 2.76. The third kappa shape index (κ3) is 2.39. The topological polar surface area (TPSA) is 32.3 Å². The quantitative estimate of drug-likeness (QED) is 0.768. The second kappa shape index (κ2) is 4.03. The number of benzene rings is 1. The fourth-order valence-corrected chi connectivity index (χ4v) is 1.94. The Balaban J connectivity index is 1.83. The van der Waals surface area contributed by atoms with Crippen LogP contribution in [0.25, 0.3) is 0 Å². The van der Waals surface area contributed by atoms with Crippen LogP contribution in [0.15, 0.2) is 24.3 Å². The van der Waals surface area contributed by atoms with Gasteiger partial charge in [-0.1, -0.05) is 12.1 Å². The second-order valence-electron chi connectivity index (χ2n) is 3.28. The van der Waals surface area contributed by atoms with Crippen molar-refractivity contribution in [1.29, 1.82) is 0 Å². The lowest BCUT2D eigenvalue weighted by Gasteiger charge is -2.26. The lowest BCUT2D eigenvalue weighted by atomic mass is 10.2. The van der Waals surface area contributed by atoms with E-state index in [0.29, 0.717) is 11.8 Å². The van der Waals surface area contributed by atoms with E-state index in [4.69, 9.17) is 5.11 Å². The van der Waals surface area contributed by atoms with E-state index >= 15 is 0 Å². The minimum Gasteiger partial charge on any atom is -0.508 e. The van der Waals surface area contributed by atoms with Crippen LogP contribution in [0.2, 0.25) is 0 Å². The van der Waals surface area contributed by atoms with Gasteiger partial charge in [-0.15, -0.1) is 0 Å². The van der Waals surface area contributed by atoms with Gasteiger partial charge in [0.25, 0.3) is 0 Å². The number of hydrogen-bond acceptors (Lipinski definition) is 3. The number of nitrogens with one attached hydrogen (secondary N) is 1. The first kappa shape index (κ1) is 8.91. The van der Waals surface area contributed by atoms with E-state index in [9.17, 15) is 0 Å². The van der Waals surface area contributed by atoms with Gasteiger partial charge >= 0.3 is 0 Å². The summed E-state index contributed by atoms with van der Waals surface area (Å²) < 4.78 is 0. The number of phenolic OH excluding ortho intramolecular Hbond substituents is 1. The van der Waals surface area contributed by atoms with E-state index in [0.717, 1.165) is 6.54 Å². The first-order valence-electron chi connectivity index (χ1n) is 4.43. The molecule has 0 amide bonds. The molecular formula is C10H13NOS. The zero-order valence-corrected chi connectivity index (χ0v) is 8.18. The Morgan fingerprint density at radius 1 is 1.31 bits per heavy atom. The molecule has 2 rings (SSSR count). The maximum atomic E-state index is 9.07. The number of aromatic hydroxyl groups is 1. The molecular weight excluding hydrogens is 182 g/mol. The molecule has 1 aliphatic rings. The molecule has 2 N–H and O–H groups in total. The van der Waals surface area contributed by atoms with Crippen LogP contribution in [0, 0.1) is 0 Å². The van der Waals surface area contributed by atoms with Crippen molar-refractivity contribution in [2.45, 2.75) is 12.6 Å². The summed E-state index contributed by atoms with van der Waals surface area (Å²) in [5.41, 5.74) is 1.23. The van der Waals surface area contributed by atoms with E-state index < -0.39 is 0 Å². The zero-order chi connectivity index (χ0) is 9.10. The molecule has 70 valence electrons. The molecule has 3 heteroatoms. The summed E-state index contributed by atoms with van der Waals surface area (Å²) in [5, 5.41) is 12.5. The Bertz CT molecular complexity index is 269. The average molecular weight is 195 g/mol. The standard InChI is InChI=1S/C10H13NOS/c12-10-3-1-8(2-4-10)5-11-9-6-13-7-9/h1-4,9,11-12H,5-7H2. The summed E-state index contributed by atoms with van der Waals surface area (Å²) in [5.74, 6) is 2.80. The van der Waals surface area contributed by atoms with Crippen LogP contribution in [0.1, 0.15) is 5.56 Å². The number of hydrogen-bond donors (Lipinski definition) is 2. The van der Waals surface area contributed by atoms with Crippen LogP contribution >= 0.6 is 11.8 Å². The summed E-state index contributed by atoms with van der Waals surface area (Å²) in [6.45, 7) is 0.908. The molecule has 1 saturated heterocycles. The number of phenols is 1. The lowest BCUT2D eigenvalue weighted by Crippen LogP contribution is -2.39. The Morgan fingerprint density at radius 3 is 2.54 bits per heavy atom. The second-order valence-corrected chi connectivity index (χ2v) is 4.36. The van der Waals surface area contributed by atoms with E-state index in [1.807, 2.05) is 23.9 Å². The molecule has 1 aliphatic heterocycles. The molecule has 13 heavy (non-hydrogen) atoms. The largest absolute Gasteiger partial charge is 0.508 e. The van der Waals surface area contributed by atoms with Gasteiger partial charge in [-0.2, -0.15) is 11.8 Å². The van der Waals surface area contributed by atoms with Gasteiger partial charge in [-0.25, -0.2) is 0 Å². The van der Waals surface area contributed by atoms with Crippen molar-refractivity contribution in [2.24, 2.45) is 0 Å². The Morgan fingerprint density at radius 2 is 2.00 bits per heavy atom. The van der Waals surface area contributed by atoms with Crippen molar-refractivity contribution < 1.29 is 5.11 Å². The Hall–Kier alpha value is -0.670. The maximum absolute atomic E-state index is 9.07. The molecule has 0 bridgehead atoms. The number of thioether (sulfide) groups is 1. The van der Waals surface area contributed by atoms with E-state index in [1.54, 1.807) is 12.1 Å². The fraction of sp³-hybridized carbons (Fsp3) is 0.400. The van der Waals surface area contributed by atoms with Gasteiger partial charge < -0.3 is 10.4 Å².